The highest BCUT2D eigenvalue weighted by Gasteiger charge is 2.27. The summed E-state index contributed by atoms with van der Waals surface area (Å²) in [7, 11) is 1.39. The number of carbonyl (C=O) groups excluding carboxylic acids is 2. The summed E-state index contributed by atoms with van der Waals surface area (Å²) < 4.78 is 12.3. The maximum Gasteiger partial charge on any atom is 0.342 e. The number of carbonyl (C=O) groups is 2. The molecule has 1 aromatic carbocycles. The van der Waals surface area contributed by atoms with Crippen LogP contribution in [0.4, 0.5) is 11.5 Å². The Morgan fingerprint density at radius 2 is 2.00 bits per heavy atom. The maximum atomic E-state index is 12.6. The molecule has 0 aliphatic heterocycles. The van der Waals surface area contributed by atoms with Gasteiger partial charge in [0.05, 0.1) is 23.4 Å². The number of nitrogens with two attached hydrogens (primary N) is 1. The molecule has 0 spiro atoms. The number of halogens is 1. The Morgan fingerprint density at radius 1 is 1.32 bits per heavy atom. The van der Waals surface area contributed by atoms with Gasteiger partial charge in [-0.25, -0.2) is 4.79 Å². The van der Waals surface area contributed by atoms with Crippen molar-refractivity contribution in [3.05, 3.63) is 39.5 Å². The van der Waals surface area contributed by atoms with Crippen LogP contribution in [0, 0.1) is 25.2 Å². The van der Waals surface area contributed by atoms with E-state index in [2.05, 4.69) is 11.4 Å². The lowest BCUT2D eigenvalue weighted by Crippen LogP contribution is -2.24. The fourth-order valence-electron chi connectivity index (χ4n) is 3.98. The smallest absolute Gasteiger partial charge is 0.342 e. The normalized spacial score (nSPS) is 13.6. The quantitative estimate of drug-likeness (QED) is 0.510. The van der Waals surface area contributed by atoms with Gasteiger partial charge in [0, 0.05) is 17.8 Å². The minimum absolute atomic E-state index is 0.0632. The summed E-state index contributed by atoms with van der Waals surface area (Å²) >= 11 is 5.99. The molecule has 0 atom stereocenters. The molecule has 3 N–H and O–H groups in total. The van der Waals surface area contributed by atoms with E-state index in [1.807, 2.05) is 18.4 Å². The highest BCUT2D eigenvalue weighted by Crippen LogP contribution is 2.37. The Labute approximate surface area is 185 Å². The lowest BCUT2D eigenvalue weighted by molar-refractivity contribution is -0.119. The average Bonchev–Trinajstić information content (AvgIpc) is 3.35. The molecular formula is C22H25ClN4O4. The molecule has 164 valence electrons. The van der Waals surface area contributed by atoms with Gasteiger partial charge in [0.1, 0.15) is 23.2 Å². The topological polar surface area (TPSA) is 119 Å². The summed E-state index contributed by atoms with van der Waals surface area (Å²) in [6, 6.07) is 5.17. The number of aromatic nitrogens is 1. The van der Waals surface area contributed by atoms with Crippen molar-refractivity contribution in [1.82, 2.24) is 4.57 Å². The highest BCUT2D eigenvalue weighted by molar-refractivity contribution is 6.33. The lowest BCUT2D eigenvalue weighted by atomic mass is 10.2. The van der Waals surface area contributed by atoms with E-state index in [4.69, 9.17) is 26.8 Å². The van der Waals surface area contributed by atoms with E-state index >= 15 is 0 Å². The number of ether oxygens (including phenoxy) is 2. The van der Waals surface area contributed by atoms with Crippen molar-refractivity contribution in [3.63, 3.8) is 0 Å². The molecule has 9 heteroatoms. The predicted octanol–water partition coefficient (Wildman–Crippen LogP) is 4.13. The second kappa shape index (κ2) is 9.31. The molecule has 8 nitrogen and oxygen atoms in total. The molecule has 3 rings (SSSR count). The fourth-order valence-corrected chi connectivity index (χ4v) is 4.14. The van der Waals surface area contributed by atoms with Gasteiger partial charge in [0.25, 0.3) is 5.91 Å². The molecule has 1 aliphatic rings. The van der Waals surface area contributed by atoms with Gasteiger partial charge in [-0.1, -0.05) is 24.4 Å². The minimum Gasteiger partial charge on any atom is -0.496 e. The van der Waals surface area contributed by atoms with E-state index in [9.17, 15) is 14.9 Å². The number of nitrogens with one attached hydrogen (secondary N) is 1. The van der Waals surface area contributed by atoms with Gasteiger partial charge in [0.15, 0.2) is 6.61 Å². The summed E-state index contributed by atoms with van der Waals surface area (Å²) in [5, 5.41) is 12.6. The van der Waals surface area contributed by atoms with Gasteiger partial charge >= 0.3 is 5.97 Å². The molecular weight excluding hydrogens is 420 g/mol. The number of nitrogen functional groups attached to an aromatic ring is 1. The number of rotatable bonds is 6. The summed E-state index contributed by atoms with van der Waals surface area (Å²) in [5.74, 6) is -0.658. The van der Waals surface area contributed by atoms with Crippen LogP contribution in [0.1, 0.15) is 58.9 Å². The third-order valence-electron chi connectivity index (χ3n) is 5.69. The number of nitriles is 1. The number of hydrogen-bond acceptors (Lipinski definition) is 6. The Hall–Kier alpha value is -3.18. The molecule has 1 aromatic heterocycles. The number of benzene rings is 1. The number of amides is 1. The molecule has 0 radical (unpaired) electrons. The van der Waals surface area contributed by atoms with Crippen molar-refractivity contribution >= 4 is 35.0 Å². The summed E-state index contributed by atoms with van der Waals surface area (Å²) in [6.07, 6.45) is 4.21. The molecule has 0 bridgehead atoms. The average molecular weight is 445 g/mol. The highest BCUT2D eigenvalue weighted by atomic mass is 35.5. The molecule has 0 unspecified atom stereocenters. The van der Waals surface area contributed by atoms with Crippen molar-refractivity contribution in [1.29, 1.82) is 5.26 Å². The van der Waals surface area contributed by atoms with Crippen LogP contribution in [0.25, 0.3) is 0 Å². The Bertz CT molecular complexity index is 1060. The van der Waals surface area contributed by atoms with Crippen LogP contribution in [0.5, 0.6) is 5.75 Å². The molecule has 1 saturated carbocycles. The molecule has 1 aliphatic carbocycles. The minimum atomic E-state index is -0.770. The van der Waals surface area contributed by atoms with Gasteiger partial charge in [-0.15, -0.1) is 0 Å². The molecule has 0 saturated heterocycles. The summed E-state index contributed by atoms with van der Waals surface area (Å²) in [4.78, 5) is 25.1. The van der Waals surface area contributed by atoms with E-state index in [1.54, 1.807) is 0 Å². The van der Waals surface area contributed by atoms with Crippen molar-refractivity contribution in [2.45, 2.75) is 45.6 Å². The Morgan fingerprint density at radius 3 is 2.61 bits per heavy atom. The molecule has 1 amide bonds. The van der Waals surface area contributed by atoms with Crippen molar-refractivity contribution in [3.8, 4) is 11.8 Å². The van der Waals surface area contributed by atoms with Crippen molar-refractivity contribution in [2.75, 3.05) is 24.8 Å². The SMILES string of the molecule is COc1cc(N)c(Cl)cc1C(=O)OCC(=O)Nc1c(C#N)c(C)c(C)n1C1CCCC1. The van der Waals surface area contributed by atoms with Gasteiger partial charge in [0.2, 0.25) is 0 Å². The first-order valence-electron chi connectivity index (χ1n) is 9.99. The lowest BCUT2D eigenvalue weighted by Gasteiger charge is -2.19. The number of anilines is 2. The molecule has 1 fully saturated rings. The maximum absolute atomic E-state index is 12.6. The van der Waals surface area contributed by atoms with E-state index in [0.717, 1.165) is 36.9 Å². The summed E-state index contributed by atoms with van der Waals surface area (Å²) in [5.41, 5.74) is 8.27. The van der Waals surface area contributed by atoms with Gasteiger partial charge in [-0.05, 0) is 38.3 Å². The van der Waals surface area contributed by atoms with Gasteiger partial charge in [-0.3, -0.25) is 4.79 Å². The van der Waals surface area contributed by atoms with Crippen molar-refractivity contribution in [2.24, 2.45) is 0 Å². The number of esters is 1. The molecule has 31 heavy (non-hydrogen) atoms. The summed E-state index contributed by atoms with van der Waals surface area (Å²) in [6.45, 7) is 3.29. The zero-order chi connectivity index (χ0) is 22.7. The zero-order valence-corrected chi connectivity index (χ0v) is 18.5. The van der Waals surface area contributed by atoms with Crippen LogP contribution < -0.4 is 15.8 Å². The first-order valence-corrected chi connectivity index (χ1v) is 10.4. The van der Waals surface area contributed by atoms with E-state index in [0.29, 0.717) is 11.4 Å². The van der Waals surface area contributed by atoms with E-state index in [1.165, 1.54) is 19.2 Å². The largest absolute Gasteiger partial charge is 0.496 e. The second-order valence-electron chi connectivity index (χ2n) is 7.55. The van der Waals surface area contributed by atoms with Gasteiger partial charge in [-0.2, -0.15) is 5.26 Å². The van der Waals surface area contributed by atoms with Gasteiger partial charge < -0.3 is 25.1 Å². The van der Waals surface area contributed by atoms with Crippen LogP contribution in [0.15, 0.2) is 12.1 Å². The fraction of sp³-hybridized carbons (Fsp3) is 0.409. The third kappa shape index (κ3) is 4.47. The third-order valence-corrected chi connectivity index (χ3v) is 6.02. The number of methoxy groups -OCH3 is 1. The number of nitrogens with zero attached hydrogens (tertiary/aromatic N) is 2. The molecule has 2 aromatic rings. The van der Waals surface area contributed by atoms with Crippen LogP contribution >= 0.6 is 11.6 Å². The standard InChI is InChI=1S/C22H25ClN4O4/c1-12-13(2)27(14-6-4-5-7-14)21(16(12)10-24)26-20(28)11-31-22(29)15-8-17(23)18(25)9-19(15)30-3/h8-9,14H,4-7,11,25H2,1-3H3,(H,26,28). The van der Waals surface area contributed by atoms with Crippen LogP contribution in [-0.4, -0.2) is 30.2 Å². The molecule has 1 heterocycles. The first-order chi connectivity index (χ1) is 14.8. The number of hydrogen-bond donors (Lipinski definition) is 2. The Balaban J connectivity index is 1.76. The van der Waals surface area contributed by atoms with E-state index in [-0.39, 0.29) is 28.1 Å². The predicted molar refractivity (Wildman–Crippen MR) is 117 cm³/mol. The zero-order valence-electron chi connectivity index (χ0n) is 17.8. The monoisotopic (exact) mass is 444 g/mol. The second-order valence-corrected chi connectivity index (χ2v) is 7.96. The van der Waals surface area contributed by atoms with Crippen molar-refractivity contribution < 1.29 is 19.1 Å². The first kappa shape index (κ1) is 22.5. The Kier molecular flexibility index (Phi) is 6.76. The van der Waals surface area contributed by atoms with Crippen LogP contribution in [-0.2, 0) is 9.53 Å². The van der Waals surface area contributed by atoms with E-state index < -0.39 is 18.5 Å². The van der Waals surface area contributed by atoms with Crippen LogP contribution in [0.3, 0.4) is 0 Å². The van der Waals surface area contributed by atoms with Crippen LogP contribution in [0.2, 0.25) is 5.02 Å².